The number of aromatic nitrogens is 2. The second kappa shape index (κ2) is 8.03. The van der Waals surface area contributed by atoms with Gasteiger partial charge in [-0.25, -0.2) is 9.97 Å². The number of rotatable bonds is 5. The fraction of sp³-hybridized carbons (Fsp3) is 0.588. The second-order valence-electron chi connectivity index (χ2n) is 5.96. The Morgan fingerprint density at radius 1 is 1.36 bits per heavy atom. The van der Waals surface area contributed by atoms with E-state index in [-0.39, 0.29) is 5.91 Å². The summed E-state index contributed by atoms with van der Waals surface area (Å²) in [5, 5.41) is 3.02. The summed E-state index contributed by atoms with van der Waals surface area (Å²) in [6.45, 7) is 9.73. The van der Waals surface area contributed by atoms with Crippen molar-refractivity contribution in [1.29, 1.82) is 0 Å². The number of carbonyl (C=O) groups excluding carboxylic acids is 1. The maximum atomic E-state index is 12.2. The minimum Gasteiger partial charge on any atom is -0.350 e. The second-order valence-corrected chi connectivity index (χ2v) is 5.96. The molecule has 5 nitrogen and oxygen atoms in total. The molecular weight excluding hydrogens is 276 g/mol. The van der Waals surface area contributed by atoms with E-state index in [0.717, 1.165) is 44.7 Å². The van der Waals surface area contributed by atoms with E-state index in [1.807, 2.05) is 13.8 Å². The van der Waals surface area contributed by atoms with Crippen molar-refractivity contribution in [1.82, 2.24) is 20.2 Å². The number of carbonyl (C=O) groups is 1. The Bertz CT molecular complexity index is 513. The van der Waals surface area contributed by atoms with Crippen LogP contribution < -0.4 is 5.32 Å². The zero-order valence-electron chi connectivity index (χ0n) is 13.8. The highest BCUT2D eigenvalue weighted by Crippen LogP contribution is 2.16. The highest BCUT2D eigenvalue weighted by Gasteiger charge is 2.19. The van der Waals surface area contributed by atoms with Crippen molar-refractivity contribution < 1.29 is 4.79 Å². The number of nitrogens with one attached hydrogen (secondary N) is 1. The van der Waals surface area contributed by atoms with Crippen LogP contribution in [0.2, 0.25) is 0 Å². The molecule has 1 amide bonds. The van der Waals surface area contributed by atoms with Crippen LogP contribution in [0.15, 0.2) is 18.2 Å². The van der Waals surface area contributed by atoms with Crippen molar-refractivity contribution in [3.63, 3.8) is 0 Å². The Labute approximate surface area is 132 Å². The number of amides is 1. The zero-order valence-corrected chi connectivity index (χ0v) is 13.8. The Morgan fingerprint density at radius 2 is 2.09 bits per heavy atom. The third kappa shape index (κ3) is 4.91. The maximum Gasteiger partial charge on any atom is 0.270 e. The molecular formula is C17H26N4O. The molecule has 0 atom stereocenters. The number of allylic oxidation sites excluding steroid dienone is 1. The summed E-state index contributed by atoms with van der Waals surface area (Å²) in [5.74, 6) is 1.11. The van der Waals surface area contributed by atoms with Gasteiger partial charge in [0, 0.05) is 18.8 Å². The van der Waals surface area contributed by atoms with E-state index in [1.165, 1.54) is 0 Å². The van der Waals surface area contributed by atoms with Crippen molar-refractivity contribution in [2.24, 2.45) is 5.92 Å². The number of hydrogen-bond acceptors (Lipinski definition) is 4. The van der Waals surface area contributed by atoms with Gasteiger partial charge in [0.25, 0.3) is 5.91 Å². The average Bonchev–Trinajstić information content (AvgIpc) is 2.50. The first-order valence-electron chi connectivity index (χ1n) is 8.02. The van der Waals surface area contributed by atoms with Crippen LogP contribution in [0.5, 0.6) is 0 Å². The lowest BCUT2D eigenvalue weighted by Crippen LogP contribution is -2.38. The highest BCUT2D eigenvalue weighted by atomic mass is 16.1. The lowest BCUT2D eigenvalue weighted by atomic mass is 9.97. The van der Waals surface area contributed by atoms with Crippen LogP contribution in [0.1, 0.15) is 41.8 Å². The first-order valence-corrected chi connectivity index (χ1v) is 8.02. The van der Waals surface area contributed by atoms with Gasteiger partial charge in [-0.2, -0.15) is 0 Å². The first kappa shape index (κ1) is 16.6. The predicted molar refractivity (Wildman–Crippen MR) is 87.8 cm³/mol. The molecule has 1 aromatic heterocycles. The Morgan fingerprint density at radius 3 is 2.73 bits per heavy atom. The van der Waals surface area contributed by atoms with Gasteiger partial charge in [-0.1, -0.05) is 12.2 Å². The van der Waals surface area contributed by atoms with Gasteiger partial charge in [0.1, 0.15) is 11.5 Å². The summed E-state index contributed by atoms with van der Waals surface area (Å²) >= 11 is 0. The van der Waals surface area contributed by atoms with Gasteiger partial charge in [0.05, 0.1) is 0 Å². The molecule has 0 spiro atoms. The van der Waals surface area contributed by atoms with E-state index in [9.17, 15) is 4.79 Å². The van der Waals surface area contributed by atoms with Gasteiger partial charge in [0.2, 0.25) is 0 Å². The predicted octanol–water partition coefficient (Wildman–Crippen LogP) is 2.11. The molecule has 0 bridgehead atoms. The standard InChI is InChI=1S/C17H26N4O/c1-4-5-8-21-9-6-15(7-10-21)12-18-17(22)16-11-13(2)19-14(3)20-16/h4-5,11,15H,6-10,12H2,1-3H3,(H,18,22)/b5-4+. The first-order chi connectivity index (χ1) is 10.6. The summed E-state index contributed by atoms with van der Waals surface area (Å²) in [4.78, 5) is 23.0. The molecule has 0 saturated carbocycles. The molecule has 0 radical (unpaired) electrons. The Hall–Kier alpha value is -1.75. The van der Waals surface area contributed by atoms with Crippen LogP contribution >= 0.6 is 0 Å². The molecule has 1 fully saturated rings. The fourth-order valence-electron chi connectivity index (χ4n) is 2.79. The molecule has 1 aliphatic heterocycles. The van der Waals surface area contributed by atoms with Gasteiger partial charge in [-0.15, -0.1) is 0 Å². The minimum atomic E-state index is -0.0926. The van der Waals surface area contributed by atoms with E-state index in [0.29, 0.717) is 17.4 Å². The smallest absolute Gasteiger partial charge is 0.270 e. The molecule has 1 N–H and O–H groups in total. The molecule has 1 aliphatic rings. The van der Waals surface area contributed by atoms with E-state index in [4.69, 9.17) is 0 Å². The van der Waals surface area contributed by atoms with Gasteiger partial charge in [-0.3, -0.25) is 9.69 Å². The van der Waals surface area contributed by atoms with E-state index in [1.54, 1.807) is 6.07 Å². The summed E-state index contributed by atoms with van der Waals surface area (Å²) < 4.78 is 0. The van der Waals surface area contributed by atoms with E-state index in [2.05, 4.69) is 39.3 Å². The van der Waals surface area contributed by atoms with Gasteiger partial charge >= 0.3 is 0 Å². The van der Waals surface area contributed by atoms with Crippen molar-refractivity contribution in [3.05, 3.63) is 35.4 Å². The third-order valence-electron chi connectivity index (χ3n) is 4.06. The molecule has 1 saturated heterocycles. The average molecular weight is 302 g/mol. The highest BCUT2D eigenvalue weighted by molar-refractivity contribution is 5.92. The molecule has 2 rings (SSSR count). The fourth-order valence-corrected chi connectivity index (χ4v) is 2.79. The van der Waals surface area contributed by atoms with Crippen LogP contribution in [0.25, 0.3) is 0 Å². The van der Waals surface area contributed by atoms with Crippen LogP contribution in [0.3, 0.4) is 0 Å². The number of hydrogen-bond donors (Lipinski definition) is 1. The number of nitrogens with zero attached hydrogens (tertiary/aromatic N) is 3. The lowest BCUT2D eigenvalue weighted by molar-refractivity contribution is 0.0932. The van der Waals surface area contributed by atoms with Crippen LogP contribution in [0.4, 0.5) is 0 Å². The maximum absolute atomic E-state index is 12.2. The number of aryl methyl sites for hydroxylation is 2. The summed E-state index contributed by atoms with van der Waals surface area (Å²) in [6.07, 6.45) is 6.57. The normalized spacial score (nSPS) is 17.0. The van der Waals surface area contributed by atoms with Crippen LogP contribution in [0, 0.1) is 19.8 Å². The van der Waals surface area contributed by atoms with E-state index < -0.39 is 0 Å². The monoisotopic (exact) mass is 302 g/mol. The van der Waals surface area contributed by atoms with Crippen molar-refractivity contribution in [3.8, 4) is 0 Å². The van der Waals surface area contributed by atoms with Gasteiger partial charge in [0.15, 0.2) is 0 Å². The molecule has 0 aromatic carbocycles. The number of piperidine rings is 1. The molecule has 2 heterocycles. The zero-order chi connectivity index (χ0) is 15.9. The molecule has 120 valence electrons. The minimum absolute atomic E-state index is 0.0926. The summed E-state index contributed by atoms with van der Waals surface area (Å²) in [6, 6.07) is 1.74. The third-order valence-corrected chi connectivity index (χ3v) is 4.06. The molecule has 5 heteroatoms. The van der Waals surface area contributed by atoms with Crippen LogP contribution in [-0.4, -0.2) is 47.0 Å². The molecule has 22 heavy (non-hydrogen) atoms. The molecule has 0 unspecified atom stereocenters. The molecule has 1 aromatic rings. The lowest BCUT2D eigenvalue weighted by Gasteiger charge is -2.31. The molecule has 0 aliphatic carbocycles. The summed E-state index contributed by atoms with van der Waals surface area (Å²) in [5.41, 5.74) is 1.30. The van der Waals surface area contributed by atoms with E-state index >= 15 is 0 Å². The van der Waals surface area contributed by atoms with Crippen LogP contribution in [-0.2, 0) is 0 Å². The van der Waals surface area contributed by atoms with Crippen molar-refractivity contribution >= 4 is 5.91 Å². The largest absolute Gasteiger partial charge is 0.350 e. The number of likely N-dealkylation sites (tertiary alicyclic amines) is 1. The topological polar surface area (TPSA) is 58.1 Å². The Kier molecular flexibility index (Phi) is 6.07. The Balaban J connectivity index is 1.78. The van der Waals surface area contributed by atoms with Gasteiger partial charge in [-0.05, 0) is 58.7 Å². The van der Waals surface area contributed by atoms with Crippen molar-refractivity contribution in [2.45, 2.75) is 33.6 Å². The van der Waals surface area contributed by atoms with Crippen molar-refractivity contribution in [2.75, 3.05) is 26.2 Å². The quantitative estimate of drug-likeness (QED) is 0.846. The SMILES string of the molecule is C/C=C/CN1CCC(CNC(=O)c2cc(C)nc(C)n2)CC1. The summed E-state index contributed by atoms with van der Waals surface area (Å²) in [7, 11) is 0. The van der Waals surface area contributed by atoms with Gasteiger partial charge < -0.3 is 5.32 Å².